The fraction of sp³-hybridized carbons (Fsp3) is 0.400. The molecule has 2 aliphatic rings. The maximum absolute atomic E-state index is 14.0. The van der Waals surface area contributed by atoms with Crippen molar-refractivity contribution in [3.05, 3.63) is 65.7 Å². The molecule has 220 valence electrons. The second kappa shape index (κ2) is 12.3. The highest BCUT2D eigenvalue weighted by molar-refractivity contribution is 6.13. The smallest absolute Gasteiger partial charge is 0.405 e. The first-order valence-electron chi connectivity index (χ1n) is 13.6. The maximum atomic E-state index is 14.0. The van der Waals surface area contributed by atoms with Crippen LogP contribution < -0.4 is 15.8 Å². The zero-order valence-electron chi connectivity index (χ0n) is 23.8. The molecule has 2 aromatic carbocycles. The first kappa shape index (κ1) is 30.0. The third-order valence-corrected chi connectivity index (χ3v) is 7.41. The van der Waals surface area contributed by atoms with Gasteiger partial charge >= 0.3 is 6.09 Å². The van der Waals surface area contributed by atoms with Crippen LogP contribution in [-0.2, 0) is 25.5 Å². The Hall–Kier alpha value is -4.92. The van der Waals surface area contributed by atoms with Crippen molar-refractivity contribution >= 4 is 29.5 Å². The number of nitrogens with zero attached hydrogens (tertiary/aromatic N) is 4. The molecule has 0 saturated carbocycles. The highest BCUT2D eigenvalue weighted by Gasteiger charge is 2.54. The van der Waals surface area contributed by atoms with Crippen molar-refractivity contribution in [1.82, 2.24) is 15.2 Å². The van der Waals surface area contributed by atoms with Crippen molar-refractivity contribution < 1.29 is 28.7 Å². The van der Waals surface area contributed by atoms with Gasteiger partial charge in [-0.15, -0.1) is 0 Å². The topological polar surface area (TPSA) is 167 Å². The Labute approximate surface area is 244 Å². The van der Waals surface area contributed by atoms with Crippen molar-refractivity contribution in [3.63, 3.8) is 0 Å². The summed E-state index contributed by atoms with van der Waals surface area (Å²) in [5, 5.41) is 17.7. The molecule has 0 bridgehead atoms. The molecular weight excluding hydrogens is 540 g/mol. The van der Waals surface area contributed by atoms with Crippen LogP contribution in [0.4, 0.5) is 4.79 Å². The number of benzene rings is 2. The van der Waals surface area contributed by atoms with E-state index < -0.39 is 35.0 Å². The van der Waals surface area contributed by atoms with Crippen LogP contribution in [0.1, 0.15) is 37.8 Å². The molecule has 12 nitrogen and oxygen atoms in total. The largest absolute Gasteiger partial charge is 0.493 e. The second-order valence-corrected chi connectivity index (χ2v) is 10.9. The summed E-state index contributed by atoms with van der Waals surface area (Å²) in [4.78, 5) is 53.6. The van der Waals surface area contributed by atoms with Gasteiger partial charge in [0.1, 0.15) is 17.2 Å². The van der Waals surface area contributed by atoms with Crippen LogP contribution in [0.25, 0.3) is 0 Å². The highest BCUT2D eigenvalue weighted by Crippen LogP contribution is 2.38. The number of carbonyl (C=O) groups excluding carboxylic acids is 4. The van der Waals surface area contributed by atoms with Gasteiger partial charge in [0.05, 0.1) is 24.0 Å². The molecule has 4 rings (SSSR count). The number of nitrogens with two attached hydrogens (primary N) is 1. The Morgan fingerprint density at radius 1 is 1.19 bits per heavy atom. The fourth-order valence-electron chi connectivity index (χ4n) is 5.27. The van der Waals surface area contributed by atoms with Gasteiger partial charge in [0.2, 0.25) is 5.91 Å². The van der Waals surface area contributed by atoms with Gasteiger partial charge in [0.15, 0.2) is 5.60 Å². The molecule has 0 unspecified atom stereocenters. The molecule has 0 aliphatic carbocycles. The quantitative estimate of drug-likeness (QED) is 0.437. The lowest BCUT2D eigenvalue weighted by Gasteiger charge is -2.41. The predicted molar refractivity (Wildman–Crippen MR) is 152 cm³/mol. The number of hydrogen-bond donors (Lipinski definition) is 2. The van der Waals surface area contributed by atoms with E-state index in [1.165, 1.54) is 18.9 Å². The predicted octanol–water partition coefficient (Wildman–Crippen LogP) is 1.98. The minimum atomic E-state index is -1.65. The van der Waals surface area contributed by atoms with Crippen molar-refractivity contribution in [1.29, 1.82) is 5.26 Å². The zero-order valence-corrected chi connectivity index (χ0v) is 23.8. The number of nitriles is 1. The molecule has 2 heterocycles. The SMILES string of the molecule is CN1N=C2CCN(C(=O)[C@@H](CCOc3cccc(C#N)c3)NC(=O)C(C)(C)OC(N)=O)C[C@@]2(Cc2ccccc2)C1=O. The summed E-state index contributed by atoms with van der Waals surface area (Å²) in [5.41, 5.74) is 4.54. The summed E-state index contributed by atoms with van der Waals surface area (Å²) in [6, 6.07) is 17.1. The van der Waals surface area contributed by atoms with E-state index in [9.17, 15) is 19.2 Å². The van der Waals surface area contributed by atoms with Crippen LogP contribution in [0.3, 0.4) is 0 Å². The third-order valence-electron chi connectivity index (χ3n) is 7.41. The van der Waals surface area contributed by atoms with Gasteiger partial charge in [-0.2, -0.15) is 10.4 Å². The van der Waals surface area contributed by atoms with Crippen molar-refractivity contribution in [3.8, 4) is 11.8 Å². The number of amides is 4. The maximum Gasteiger partial charge on any atom is 0.405 e. The first-order chi connectivity index (χ1) is 19.9. The van der Waals surface area contributed by atoms with E-state index in [0.29, 0.717) is 30.7 Å². The van der Waals surface area contributed by atoms with Gasteiger partial charge in [0, 0.05) is 33.0 Å². The molecule has 0 aromatic heterocycles. The van der Waals surface area contributed by atoms with E-state index in [4.69, 9.17) is 20.5 Å². The Bertz CT molecular complexity index is 1440. The number of primary amides is 1. The molecule has 12 heteroatoms. The molecule has 1 saturated heterocycles. The lowest BCUT2D eigenvalue weighted by molar-refractivity contribution is -0.145. The summed E-state index contributed by atoms with van der Waals surface area (Å²) in [5.74, 6) is -0.900. The van der Waals surface area contributed by atoms with Crippen molar-refractivity contribution in [2.24, 2.45) is 16.3 Å². The Balaban J connectivity index is 1.56. The summed E-state index contributed by atoms with van der Waals surface area (Å²) in [6.07, 6.45) is -0.309. The standard InChI is InChI=1S/C30H34N6O6/c1-29(2,42-28(32)40)26(38)33-23(13-15-41-22-11-7-10-21(16-22)18-31)25(37)36-14-12-24-30(19-36,27(39)35(3)34-24)17-20-8-5-4-6-9-20/h4-11,16,23H,12-15,17,19H2,1-3H3,(H2,32,40)(H,33,38)/t23-,30-/m1/s1. The summed E-state index contributed by atoms with van der Waals surface area (Å²) >= 11 is 0. The van der Waals surface area contributed by atoms with Crippen LogP contribution in [0, 0.1) is 16.7 Å². The van der Waals surface area contributed by atoms with Gasteiger partial charge in [-0.1, -0.05) is 36.4 Å². The number of carbonyl (C=O) groups is 4. The Morgan fingerprint density at radius 3 is 2.62 bits per heavy atom. The van der Waals surface area contributed by atoms with Crippen LogP contribution in [0.5, 0.6) is 5.75 Å². The second-order valence-electron chi connectivity index (χ2n) is 10.9. The van der Waals surface area contributed by atoms with E-state index >= 15 is 0 Å². The first-order valence-corrected chi connectivity index (χ1v) is 13.6. The van der Waals surface area contributed by atoms with Crippen molar-refractivity contribution in [2.75, 3.05) is 26.7 Å². The summed E-state index contributed by atoms with van der Waals surface area (Å²) < 4.78 is 10.8. The molecule has 42 heavy (non-hydrogen) atoms. The lowest BCUT2D eigenvalue weighted by Crippen LogP contribution is -2.60. The Kier molecular flexibility index (Phi) is 8.80. The van der Waals surface area contributed by atoms with Gasteiger partial charge < -0.3 is 25.4 Å². The van der Waals surface area contributed by atoms with Gasteiger partial charge in [-0.25, -0.2) is 9.80 Å². The number of fused-ring (bicyclic) bond motifs is 1. The fourth-order valence-corrected chi connectivity index (χ4v) is 5.27. The monoisotopic (exact) mass is 574 g/mol. The average molecular weight is 575 g/mol. The molecule has 2 aromatic rings. The van der Waals surface area contributed by atoms with E-state index in [1.807, 2.05) is 36.4 Å². The number of likely N-dealkylation sites (tertiary alicyclic amines) is 1. The molecule has 2 aliphatic heterocycles. The number of hydrazone groups is 1. The van der Waals surface area contributed by atoms with E-state index in [0.717, 1.165) is 11.3 Å². The normalized spacial score (nSPS) is 18.8. The minimum absolute atomic E-state index is 0.0278. The number of ether oxygens (including phenoxy) is 2. The summed E-state index contributed by atoms with van der Waals surface area (Å²) in [6.45, 7) is 3.14. The third kappa shape index (κ3) is 6.52. The molecule has 4 amide bonds. The lowest BCUT2D eigenvalue weighted by atomic mass is 9.73. The van der Waals surface area contributed by atoms with Crippen LogP contribution in [-0.4, -0.2) is 77.8 Å². The Morgan fingerprint density at radius 2 is 1.93 bits per heavy atom. The molecule has 3 N–H and O–H groups in total. The number of rotatable bonds is 10. The van der Waals surface area contributed by atoms with E-state index in [-0.39, 0.29) is 25.5 Å². The van der Waals surface area contributed by atoms with Crippen molar-refractivity contribution in [2.45, 2.75) is 44.8 Å². The number of piperidine rings is 1. The molecule has 0 spiro atoms. The zero-order chi connectivity index (χ0) is 30.5. The van der Waals surface area contributed by atoms with E-state index in [2.05, 4.69) is 10.4 Å². The van der Waals surface area contributed by atoms with Gasteiger partial charge in [0.25, 0.3) is 11.8 Å². The molecule has 2 atom stereocenters. The van der Waals surface area contributed by atoms with E-state index in [1.54, 1.807) is 36.2 Å². The number of hydrogen-bond acceptors (Lipinski definition) is 8. The molecular formula is C30H34N6O6. The average Bonchev–Trinajstić information content (AvgIpc) is 3.20. The molecule has 1 fully saturated rings. The van der Waals surface area contributed by atoms with Gasteiger partial charge in [-0.3, -0.25) is 14.4 Å². The van der Waals surface area contributed by atoms with Crippen LogP contribution in [0.15, 0.2) is 59.7 Å². The van der Waals surface area contributed by atoms with Crippen LogP contribution in [0.2, 0.25) is 0 Å². The van der Waals surface area contributed by atoms with Gasteiger partial charge in [-0.05, 0) is 44.0 Å². The highest BCUT2D eigenvalue weighted by atomic mass is 16.6. The minimum Gasteiger partial charge on any atom is -0.493 e. The van der Waals surface area contributed by atoms with Crippen LogP contribution >= 0.6 is 0 Å². The molecule has 0 radical (unpaired) electrons. The summed E-state index contributed by atoms with van der Waals surface area (Å²) in [7, 11) is 1.61. The number of nitrogens with one attached hydrogen (secondary N) is 1.